The van der Waals surface area contributed by atoms with Crippen molar-refractivity contribution < 1.29 is 38.2 Å². The molecular formula is C56H100NO7+. The van der Waals surface area contributed by atoms with Crippen LogP contribution in [0, 0.1) is 0 Å². The number of ether oxygens (including phenoxy) is 3. The van der Waals surface area contributed by atoms with Gasteiger partial charge in [-0.3, -0.25) is 9.59 Å². The van der Waals surface area contributed by atoms with E-state index in [0.29, 0.717) is 19.3 Å². The van der Waals surface area contributed by atoms with Gasteiger partial charge in [0, 0.05) is 19.3 Å². The van der Waals surface area contributed by atoms with Gasteiger partial charge in [-0.05, 0) is 64.2 Å². The highest BCUT2D eigenvalue weighted by atomic mass is 16.6. The molecule has 8 nitrogen and oxygen atoms in total. The number of carbonyl (C=O) groups excluding carboxylic acids is 2. The lowest BCUT2D eigenvalue weighted by atomic mass is 10.0. The summed E-state index contributed by atoms with van der Waals surface area (Å²) in [6.45, 7) is 4.69. The average Bonchev–Trinajstić information content (AvgIpc) is 3.26. The minimum Gasteiger partial charge on any atom is -0.477 e. The van der Waals surface area contributed by atoms with Crippen LogP contribution in [-0.4, -0.2) is 80.6 Å². The zero-order valence-electron chi connectivity index (χ0n) is 42.2. The number of nitrogens with zero attached hydrogens (tertiary/aromatic N) is 1. The smallest absolute Gasteiger partial charge is 0.362 e. The average molecular weight is 899 g/mol. The molecule has 0 aromatic rings. The van der Waals surface area contributed by atoms with Crippen LogP contribution in [0.1, 0.15) is 226 Å². The molecule has 0 aliphatic heterocycles. The molecule has 64 heavy (non-hydrogen) atoms. The van der Waals surface area contributed by atoms with E-state index in [-0.39, 0.29) is 36.2 Å². The Labute approximate surface area is 394 Å². The number of carboxylic acid groups (broad SMARTS) is 1. The van der Waals surface area contributed by atoms with Crippen LogP contribution in [0.4, 0.5) is 0 Å². The van der Waals surface area contributed by atoms with E-state index in [9.17, 15) is 19.5 Å². The normalized spacial score (nSPS) is 13.3. The quantitative estimate of drug-likeness (QED) is 0.0213. The number of carboxylic acids is 1. The van der Waals surface area contributed by atoms with Gasteiger partial charge in [-0.2, -0.15) is 0 Å². The predicted molar refractivity (Wildman–Crippen MR) is 271 cm³/mol. The van der Waals surface area contributed by atoms with Gasteiger partial charge in [0.2, 0.25) is 0 Å². The van der Waals surface area contributed by atoms with Crippen LogP contribution < -0.4 is 0 Å². The lowest BCUT2D eigenvalue weighted by molar-refractivity contribution is -0.887. The van der Waals surface area contributed by atoms with Crippen molar-refractivity contribution in [1.29, 1.82) is 0 Å². The standard InChI is InChI=1S/C56H99NO7/c1-6-8-10-12-14-16-18-20-22-24-26-27-28-29-31-33-35-37-39-41-43-45-47-55(59)64-52(50-62-49-48-53(56(60)61)57(3,4)5)51-63-54(58)46-44-42-40-38-36-34-32-30-25-23-21-19-17-15-13-11-9-7-2/h15,17,19,21,23,25,28-30,32,52-53H,6-14,16,18,20,22,24,26-27,31,33-51H2,1-5H3/p+1/b17-15+,21-19+,25-23+,29-28+,32-30+. The molecule has 0 aliphatic rings. The summed E-state index contributed by atoms with van der Waals surface area (Å²) < 4.78 is 17.3. The van der Waals surface area contributed by atoms with Gasteiger partial charge >= 0.3 is 17.9 Å². The zero-order chi connectivity index (χ0) is 47.0. The van der Waals surface area contributed by atoms with Gasteiger partial charge in [-0.1, -0.05) is 203 Å². The number of quaternary nitrogens is 1. The van der Waals surface area contributed by atoms with Gasteiger partial charge in [0.05, 0.1) is 34.4 Å². The Morgan fingerprint density at radius 1 is 0.469 bits per heavy atom. The summed E-state index contributed by atoms with van der Waals surface area (Å²) in [6.07, 6.45) is 58.4. The molecule has 0 fully saturated rings. The summed E-state index contributed by atoms with van der Waals surface area (Å²) in [5.41, 5.74) is 0. The Hall–Kier alpha value is -2.97. The molecule has 0 radical (unpaired) electrons. The molecule has 0 bridgehead atoms. The molecule has 0 saturated carbocycles. The van der Waals surface area contributed by atoms with Crippen molar-refractivity contribution in [1.82, 2.24) is 0 Å². The first-order valence-electron chi connectivity index (χ1n) is 26.4. The number of hydrogen-bond acceptors (Lipinski definition) is 6. The van der Waals surface area contributed by atoms with Crippen LogP contribution in [-0.2, 0) is 28.6 Å². The first kappa shape index (κ1) is 61.0. The summed E-state index contributed by atoms with van der Waals surface area (Å²) >= 11 is 0. The second kappa shape index (κ2) is 46.6. The molecule has 0 heterocycles. The summed E-state index contributed by atoms with van der Waals surface area (Å²) in [6, 6.07) is -0.622. The van der Waals surface area contributed by atoms with E-state index in [1.54, 1.807) is 0 Å². The Kier molecular flexibility index (Phi) is 44.4. The second-order valence-corrected chi connectivity index (χ2v) is 18.9. The van der Waals surface area contributed by atoms with E-state index in [0.717, 1.165) is 64.2 Å². The number of rotatable bonds is 47. The maximum absolute atomic E-state index is 12.8. The largest absolute Gasteiger partial charge is 0.477 e. The third kappa shape index (κ3) is 44.2. The van der Waals surface area contributed by atoms with E-state index < -0.39 is 18.1 Å². The zero-order valence-corrected chi connectivity index (χ0v) is 42.2. The molecule has 0 aromatic carbocycles. The van der Waals surface area contributed by atoms with E-state index in [1.165, 1.54) is 128 Å². The highest BCUT2D eigenvalue weighted by Gasteiger charge is 2.31. The molecule has 0 spiro atoms. The van der Waals surface area contributed by atoms with E-state index in [4.69, 9.17) is 14.2 Å². The number of esters is 2. The number of likely N-dealkylation sites (N-methyl/N-ethyl adjacent to an activating group) is 1. The fraction of sp³-hybridized carbons (Fsp3) is 0.768. The SMILES string of the molecule is CCCCC/C=C/C=C/C=C/C=C/CCCCCCCC(=O)OCC(COCCC(C(=O)O)[N+](C)(C)C)OC(=O)CCCCCCCCC/C=C/CCCCCCCCCCCCC. The van der Waals surface area contributed by atoms with Gasteiger partial charge < -0.3 is 23.8 Å². The monoisotopic (exact) mass is 899 g/mol. The minimum absolute atomic E-state index is 0.0501. The molecule has 370 valence electrons. The van der Waals surface area contributed by atoms with E-state index >= 15 is 0 Å². The minimum atomic E-state index is -0.879. The molecule has 1 N–H and O–H groups in total. The van der Waals surface area contributed by atoms with Crippen LogP contribution in [0.15, 0.2) is 60.8 Å². The highest BCUT2D eigenvalue weighted by molar-refractivity contribution is 5.72. The maximum Gasteiger partial charge on any atom is 0.362 e. The van der Waals surface area contributed by atoms with Gasteiger partial charge in [0.15, 0.2) is 12.1 Å². The molecule has 0 aromatic heterocycles. The van der Waals surface area contributed by atoms with Gasteiger partial charge in [0.1, 0.15) is 6.61 Å². The second-order valence-electron chi connectivity index (χ2n) is 18.9. The van der Waals surface area contributed by atoms with Gasteiger partial charge in [-0.25, -0.2) is 4.79 Å². The molecule has 2 atom stereocenters. The number of aliphatic carboxylic acids is 1. The summed E-state index contributed by atoms with van der Waals surface area (Å²) in [4.78, 5) is 37.2. The third-order valence-corrected chi connectivity index (χ3v) is 11.7. The van der Waals surface area contributed by atoms with Crippen molar-refractivity contribution in [2.45, 2.75) is 238 Å². The first-order valence-corrected chi connectivity index (χ1v) is 26.4. The van der Waals surface area contributed by atoms with Crippen LogP contribution >= 0.6 is 0 Å². The summed E-state index contributed by atoms with van der Waals surface area (Å²) in [7, 11) is 5.53. The third-order valence-electron chi connectivity index (χ3n) is 11.7. The fourth-order valence-electron chi connectivity index (χ4n) is 7.63. The van der Waals surface area contributed by atoms with Crippen LogP contribution in [0.3, 0.4) is 0 Å². The fourth-order valence-corrected chi connectivity index (χ4v) is 7.63. The number of unbranched alkanes of at least 4 members (excludes halogenated alkanes) is 26. The van der Waals surface area contributed by atoms with Crippen molar-refractivity contribution in [3.05, 3.63) is 60.8 Å². The van der Waals surface area contributed by atoms with Crippen molar-refractivity contribution in [3.8, 4) is 0 Å². The molecular weight excluding hydrogens is 799 g/mol. The van der Waals surface area contributed by atoms with Crippen LogP contribution in [0.2, 0.25) is 0 Å². The van der Waals surface area contributed by atoms with Crippen molar-refractivity contribution in [3.63, 3.8) is 0 Å². The summed E-state index contributed by atoms with van der Waals surface area (Å²) in [5, 5.41) is 9.66. The Bertz CT molecular complexity index is 1230. The van der Waals surface area contributed by atoms with Crippen molar-refractivity contribution in [2.75, 3.05) is 41.0 Å². The Morgan fingerprint density at radius 3 is 1.30 bits per heavy atom. The molecule has 0 saturated heterocycles. The van der Waals surface area contributed by atoms with Gasteiger partial charge in [-0.15, -0.1) is 0 Å². The first-order chi connectivity index (χ1) is 31.1. The Balaban J connectivity index is 4.28. The highest BCUT2D eigenvalue weighted by Crippen LogP contribution is 2.15. The van der Waals surface area contributed by atoms with Crippen molar-refractivity contribution >= 4 is 17.9 Å². The number of hydrogen-bond donors (Lipinski definition) is 1. The lowest BCUT2D eigenvalue weighted by Crippen LogP contribution is -2.50. The van der Waals surface area contributed by atoms with E-state index in [1.807, 2.05) is 21.1 Å². The number of carbonyl (C=O) groups is 3. The lowest BCUT2D eigenvalue weighted by Gasteiger charge is -2.31. The maximum atomic E-state index is 12.8. The van der Waals surface area contributed by atoms with Crippen LogP contribution in [0.5, 0.6) is 0 Å². The molecule has 2 unspecified atom stereocenters. The molecule has 8 heteroatoms. The Morgan fingerprint density at radius 2 is 0.844 bits per heavy atom. The molecule has 0 rings (SSSR count). The molecule has 0 amide bonds. The topological polar surface area (TPSA) is 99.1 Å². The van der Waals surface area contributed by atoms with Gasteiger partial charge in [0.25, 0.3) is 0 Å². The summed E-state index contributed by atoms with van der Waals surface area (Å²) in [5.74, 6) is -1.50. The predicted octanol–water partition coefficient (Wildman–Crippen LogP) is 15.3. The van der Waals surface area contributed by atoms with Crippen molar-refractivity contribution in [2.24, 2.45) is 0 Å². The number of allylic oxidation sites excluding steroid dienone is 10. The molecule has 0 aliphatic carbocycles. The van der Waals surface area contributed by atoms with E-state index in [2.05, 4.69) is 74.6 Å². The van der Waals surface area contributed by atoms with Crippen LogP contribution in [0.25, 0.3) is 0 Å².